The minimum absolute atomic E-state index is 0.0642. The summed E-state index contributed by atoms with van der Waals surface area (Å²) in [4.78, 5) is 0.404. The highest BCUT2D eigenvalue weighted by atomic mass is 32.1. The molecule has 4 heteroatoms. The van der Waals surface area contributed by atoms with Crippen LogP contribution in [0.1, 0.15) is 25.0 Å². The Morgan fingerprint density at radius 1 is 1.41 bits per heavy atom. The van der Waals surface area contributed by atoms with E-state index in [1.165, 1.54) is 0 Å². The van der Waals surface area contributed by atoms with Crippen LogP contribution in [0, 0.1) is 0 Å². The zero-order valence-electron chi connectivity index (χ0n) is 10.3. The molecule has 3 nitrogen and oxygen atoms in total. The molecule has 1 aromatic rings. The molecule has 2 N–H and O–H groups in total. The molecule has 0 aliphatic rings. The van der Waals surface area contributed by atoms with Crippen molar-refractivity contribution >= 4 is 17.2 Å². The van der Waals surface area contributed by atoms with E-state index < -0.39 is 0 Å². The SMILES string of the molecule is CCOCC(C)OCc1ccccc1C(N)=S. The third-order valence-electron chi connectivity index (χ3n) is 2.36. The van der Waals surface area contributed by atoms with Gasteiger partial charge in [0, 0.05) is 12.2 Å². The van der Waals surface area contributed by atoms with Crippen LogP contribution in [-0.4, -0.2) is 24.3 Å². The molecule has 0 aliphatic heterocycles. The van der Waals surface area contributed by atoms with Crippen molar-refractivity contribution in [2.24, 2.45) is 5.73 Å². The lowest BCUT2D eigenvalue weighted by Crippen LogP contribution is -2.18. The molecule has 1 aromatic carbocycles. The van der Waals surface area contributed by atoms with Gasteiger partial charge in [0.2, 0.25) is 0 Å². The van der Waals surface area contributed by atoms with Crippen LogP contribution >= 0.6 is 12.2 Å². The quantitative estimate of drug-likeness (QED) is 0.757. The van der Waals surface area contributed by atoms with E-state index in [-0.39, 0.29) is 6.10 Å². The van der Waals surface area contributed by atoms with Gasteiger partial charge in [-0.2, -0.15) is 0 Å². The second kappa shape index (κ2) is 7.37. The molecular formula is C13H19NO2S. The van der Waals surface area contributed by atoms with Crippen LogP contribution in [0.3, 0.4) is 0 Å². The first kappa shape index (κ1) is 14.1. The third-order valence-corrected chi connectivity index (χ3v) is 2.58. The van der Waals surface area contributed by atoms with Crippen LogP contribution in [0.25, 0.3) is 0 Å². The van der Waals surface area contributed by atoms with Crippen molar-refractivity contribution in [3.05, 3.63) is 35.4 Å². The van der Waals surface area contributed by atoms with Gasteiger partial charge in [0.05, 0.1) is 19.3 Å². The van der Waals surface area contributed by atoms with E-state index in [2.05, 4.69) is 0 Å². The molecule has 0 heterocycles. The normalized spacial score (nSPS) is 12.4. The van der Waals surface area contributed by atoms with Gasteiger partial charge >= 0.3 is 0 Å². The van der Waals surface area contributed by atoms with Gasteiger partial charge in [-0.3, -0.25) is 0 Å². The van der Waals surface area contributed by atoms with Gasteiger partial charge in [0.1, 0.15) is 4.99 Å². The molecule has 94 valence electrons. The largest absolute Gasteiger partial charge is 0.389 e. The fraction of sp³-hybridized carbons (Fsp3) is 0.462. The van der Waals surface area contributed by atoms with E-state index >= 15 is 0 Å². The molecule has 1 rings (SSSR count). The minimum Gasteiger partial charge on any atom is -0.389 e. The van der Waals surface area contributed by atoms with Gasteiger partial charge in [-0.15, -0.1) is 0 Å². The van der Waals surface area contributed by atoms with Gasteiger partial charge in [-0.25, -0.2) is 0 Å². The summed E-state index contributed by atoms with van der Waals surface area (Å²) in [6.45, 7) is 5.76. The fourth-order valence-electron chi connectivity index (χ4n) is 1.45. The standard InChI is InChI=1S/C13H19NO2S/c1-3-15-8-10(2)16-9-11-6-4-5-7-12(11)13(14)17/h4-7,10H,3,8-9H2,1-2H3,(H2,14,17). The number of hydrogen-bond acceptors (Lipinski definition) is 3. The van der Waals surface area contributed by atoms with Gasteiger partial charge in [-0.05, 0) is 19.4 Å². The second-order valence-corrected chi connectivity index (χ2v) is 4.24. The molecule has 0 saturated carbocycles. The monoisotopic (exact) mass is 253 g/mol. The Balaban J connectivity index is 2.54. The maximum absolute atomic E-state index is 5.68. The maximum Gasteiger partial charge on any atom is 0.104 e. The third kappa shape index (κ3) is 4.81. The lowest BCUT2D eigenvalue weighted by Gasteiger charge is -2.14. The Bertz CT molecular complexity index is 368. The van der Waals surface area contributed by atoms with Crippen molar-refractivity contribution in [1.82, 2.24) is 0 Å². The van der Waals surface area contributed by atoms with Crippen molar-refractivity contribution in [3.8, 4) is 0 Å². The molecule has 0 aliphatic carbocycles. The first-order valence-electron chi connectivity index (χ1n) is 5.72. The summed E-state index contributed by atoms with van der Waals surface area (Å²) in [5.41, 5.74) is 7.55. The van der Waals surface area contributed by atoms with E-state index in [4.69, 9.17) is 27.4 Å². The highest BCUT2D eigenvalue weighted by Crippen LogP contribution is 2.11. The molecule has 1 atom stereocenters. The van der Waals surface area contributed by atoms with Gasteiger partial charge in [0.15, 0.2) is 0 Å². The molecule has 0 spiro atoms. The Morgan fingerprint density at radius 3 is 2.76 bits per heavy atom. The predicted molar refractivity (Wildman–Crippen MR) is 73.1 cm³/mol. The molecule has 0 bridgehead atoms. The summed E-state index contributed by atoms with van der Waals surface area (Å²) in [5, 5.41) is 0. The van der Waals surface area contributed by atoms with Crippen LogP contribution in [0.5, 0.6) is 0 Å². The minimum atomic E-state index is 0.0642. The molecule has 1 unspecified atom stereocenters. The van der Waals surface area contributed by atoms with Crippen molar-refractivity contribution in [2.75, 3.05) is 13.2 Å². The summed E-state index contributed by atoms with van der Waals surface area (Å²) in [6.07, 6.45) is 0.0642. The van der Waals surface area contributed by atoms with Crippen molar-refractivity contribution in [3.63, 3.8) is 0 Å². The molecule has 17 heavy (non-hydrogen) atoms. The van der Waals surface area contributed by atoms with E-state index in [1.807, 2.05) is 38.1 Å². The summed E-state index contributed by atoms with van der Waals surface area (Å²) in [7, 11) is 0. The Hall–Kier alpha value is -0.970. The highest BCUT2D eigenvalue weighted by molar-refractivity contribution is 7.80. The second-order valence-electron chi connectivity index (χ2n) is 3.80. The van der Waals surface area contributed by atoms with Gasteiger partial charge < -0.3 is 15.2 Å². The van der Waals surface area contributed by atoms with Crippen LogP contribution in [0.4, 0.5) is 0 Å². The molecule has 0 saturated heterocycles. The Kier molecular flexibility index (Phi) is 6.11. The molecule has 0 fully saturated rings. The first-order chi connectivity index (χ1) is 8.15. The summed E-state index contributed by atoms with van der Waals surface area (Å²) < 4.78 is 11.0. The molecule has 0 amide bonds. The van der Waals surface area contributed by atoms with E-state index in [0.717, 1.165) is 11.1 Å². The Morgan fingerprint density at radius 2 is 2.12 bits per heavy atom. The van der Waals surface area contributed by atoms with Gasteiger partial charge in [0.25, 0.3) is 0 Å². The van der Waals surface area contributed by atoms with Crippen LogP contribution in [-0.2, 0) is 16.1 Å². The lowest BCUT2D eigenvalue weighted by atomic mass is 10.1. The summed E-state index contributed by atoms with van der Waals surface area (Å²) in [6, 6.07) is 7.76. The molecule has 0 radical (unpaired) electrons. The van der Waals surface area contributed by atoms with Crippen LogP contribution in [0.15, 0.2) is 24.3 Å². The van der Waals surface area contributed by atoms with Gasteiger partial charge in [-0.1, -0.05) is 36.5 Å². The zero-order chi connectivity index (χ0) is 12.7. The maximum atomic E-state index is 5.68. The fourth-order valence-corrected chi connectivity index (χ4v) is 1.65. The smallest absolute Gasteiger partial charge is 0.104 e. The summed E-state index contributed by atoms with van der Waals surface area (Å²) in [5.74, 6) is 0. The van der Waals surface area contributed by atoms with Crippen LogP contribution < -0.4 is 5.73 Å². The van der Waals surface area contributed by atoms with Crippen LogP contribution in [0.2, 0.25) is 0 Å². The van der Waals surface area contributed by atoms with E-state index in [9.17, 15) is 0 Å². The topological polar surface area (TPSA) is 44.5 Å². The van der Waals surface area contributed by atoms with Crippen molar-refractivity contribution < 1.29 is 9.47 Å². The van der Waals surface area contributed by atoms with Crippen molar-refractivity contribution in [2.45, 2.75) is 26.6 Å². The van der Waals surface area contributed by atoms with E-state index in [0.29, 0.717) is 24.8 Å². The number of hydrogen-bond donors (Lipinski definition) is 1. The lowest BCUT2D eigenvalue weighted by molar-refractivity contribution is -0.0117. The number of thiocarbonyl (C=S) groups is 1. The molecular weight excluding hydrogens is 234 g/mol. The molecule has 0 aromatic heterocycles. The highest BCUT2D eigenvalue weighted by Gasteiger charge is 2.07. The van der Waals surface area contributed by atoms with Crippen molar-refractivity contribution in [1.29, 1.82) is 0 Å². The van der Waals surface area contributed by atoms with E-state index in [1.54, 1.807) is 0 Å². The summed E-state index contributed by atoms with van der Waals surface area (Å²) >= 11 is 5.00. The number of benzene rings is 1. The predicted octanol–water partition coefficient (Wildman–Crippen LogP) is 2.26. The average molecular weight is 253 g/mol. The number of ether oxygens (including phenoxy) is 2. The zero-order valence-corrected chi connectivity index (χ0v) is 11.1. The number of rotatable bonds is 7. The average Bonchev–Trinajstić information content (AvgIpc) is 2.34. The first-order valence-corrected chi connectivity index (χ1v) is 6.13. The Labute approximate surface area is 108 Å². The number of nitrogens with two attached hydrogens (primary N) is 1.